The molecule has 0 bridgehead atoms. The zero-order valence-electron chi connectivity index (χ0n) is 15.3. The molecule has 0 aliphatic heterocycles. The van der Waals surface area contributed by atoms with Gasteiger partial charge in [0.05, 0.1) is 19.9 Å². The maximum atomic E-state index is 12.5. The summed E-state index contributed by atoms with van der Waals surface area (Å²) in [4.78, 5) is 12.5. The number of hydrogen-bond donors (Lipinski definition) is 3. The number of nitrogens with one attached hydrogen (secondary N) is 3. The molecule has 0 fully saturated rings. The lowest BCUT2D eigenvalue weighted by atomic mass is 10.2. The number of rotatable bonds is 6. The minimum atomic E-state index is -1.88. The highest BCUT2D eigenvalue weighted by atomic mass is 79.9. The molecule has 0 radical (unpaired) electrons. The summed E-state index contributed by atoms with van der Waals surface area (Å²) in [5, 5.41) is 8.45. The topological polar surface area (TPSA) is 71.6 Å². The second-order valence-electron chi connectivity index (χ2n) is 5.62. The fourth-order valence-electron chi connectivity index (χ4n) is 2.22. The number of ether oxygens (including phenoxy) is 2. The fourth-order valence-corrected chi connectivity index (χ4v) is 3.04. The van der Waals surface area contributed by atoms with Crippen molar-refractivity contribution in [1.29, 1.82) is 0 Å². The van der Waals surface area contributed by atoms with Gasteiger partial charge in [-0.25, -0.2) is 0 Å². The van der Waals surface area contributed by atoms with Gasteiger partial charge in [-0.15, -0.1) is 0 Å². The summed E-state index contributed by atoms with van der Waals surface area (Å²) in [5.74, 6) is 0.680. The van der Waals surface area contributed by atoms with E-state index in [9.17, 15) is 4.79 Å². The molecule has 0 aromatic heterocycles. The van der Waals surface area contributed by atoms with E-state index in [4.69, 9.17) is 56.5 Å². The van der Waals surface area contributed by atoms with Gasteiger partial charge in [0.2, 0.25) is 3.79 Å². The highest BCUT2D eigenvalue weighted by molar-refractivity contribution is 9.10. The number of benzene rings is 2. The van der Waals surface area contributed by atoms with Gasteiger partial charge in [-0.05, 0) is 48.6 Å². The number of carbonyl (C=O) groups excluding carboxylic acids is 1. The van der Waals surface area contributed by atoms with Crippen LogP contribution in [0.25, 0.3) is 0 Å². The van der Waals surface area contributed by atoms with Crippen LogP contribution in [0.5, 0.6) is 11.5 Å². The highest BCUT2D eigenvalue weighted by Crippen LogP contribution is 2.31. The molecule has 0 aliphatic carbocycles. The van der Waals surface area contributed by atoms with Crippen molar-refractivity contribution in [3.63, 3.8) is 0 Å². The van der Waals surface area contributed by atoms with E-state index in [2.05, 4.69) is 31.9 Å². The number of thiocarbonyl (C=S) groups is 1. The van der Waals surface area contributed by atoms with E-state index in [1.54, 1.807) is 49.6 Å². The van der Waals surface area contributed by atoms with Gasteiger partial charge in [-0.2, -0.15) is 0 Å². The van der Waals surface area contributed by atoms with Crippen molar-refractivity contribution in [2.45, 2.75) is 9.96 Å². The third-order valence-electron chi connectivity index (χ3n) is 3.64. The molecule has 0 aliphatic rings. The molecule has 156 valence electrons. The second-order valence-corrected chi connectivity index (χ2v) is 9.31. The van der Waals surface area contributed by atoms with Crippen LogP contribution in [-0.4, -0.2) is 35.2 Å². The number of hydrogen-bond acceptors (Lipinski definition) is 4. The predicted octanol–water partition coefficient (Wildman–Crippen LogP) is 4.88. The van der Waals surface area contributed by atoms with Crippen LogP contribution in [0.3, 0.4) is 0 Å². The molecule has 6 nitrogen and oxygen atoms in total. The molecule has 2 rings (SSSR count). The maximum Gasteiger partial charge on any atom is 0.252 e. The Hall–Kier alpha value is -1.45. The Bertz CT molecular complexity index is 879. The lowest BCUT2D eigenvalue weighted by Crippen LogP contribution is -2.56. The van der Waals surface area contributed by atoms with E-state index >= 15 is 0 Å². The van der Waals surface area contributed by atoms with Crippen molar-refractivity contribution in [3.8, 4) is 11.5 Å². The van der Waals surface area contributed by atoms with Crippen LogP contribution in [-0.2, 0) is 0 Å². The monoisotopic (exact) mass is 539 g/mol. The van der Waals surface area contributed by atoms with Gasteiger partial charge < -0.3 is 25.4 Å². The van der Waals surface area contributed by atoms with Crippen molar-refractivity contribution < 1.29 is 14.3 Å². The summed E-state index contributed by atoms with van der Waals surface area (Å²) < 4.78 is 9.45. The summed E-state index contributed by atoms with van der Waals surface area (Å²) in [6.45, 7) is 0. The van der Waals surface area contributed by atoms with E-state index in [0.717, 1.165) is 4.47 Å². The molecule has 2 aromatic rings. The first kappa shape index (κ1) is 23.8. The van der Waals surface area contributed by atoms with Crippen LogP contribution in [0, 0.1) is 0 Å². The lowest BCUT2D eigenvalue weighted by Gasteiger charge is -2.28. The lowest BCUT2D eigenvalue weighted by molar-refractivity contribution is 0.0934. The molecule has 3 N–H and O–H groups in total. The number of carbonyl (C=O) groups is 1. The Labute approximate surface area is 197 Å². The molecular formula is C18H17BrCl3N3O3S. The summed E-state index contributed by atoms with van der Waals surface area (Å²) in [5.41, 5.74) is 0.925. The molecule has 1 atom stereocenters. The molecule has 0 unspecified atom stereocenters. The third-order valence-corrected chi connectivity index (χ3v) is 5.04. The standard InChI is InChI=1S/C18H17BrCl3N3O3S/c1-27-12-7-8-14(28-2)13(9-12)23-17(29)25-16(18(20,21)22)24-15(26)10-3-5-11(19)6-4-10/h3-9,16H,1-2H3,(H,24,26)(H2,23,25,29)/t16-/m0/s1. The summed E-state index contributed by atoms with van der Waals surface area (Å²) in [6.07, 6.45) is -1.11. The van der Waals surface area contributed by atoms with E-state index in [1.165, 1.54) is 7.11 Å². The van der Waals surface area contributed by atoms with Gasteiger partial charge in [-0.1, -0.05) is 50.7 Å². The first-order valence-electron chi connectivity index (χ1n) is 8.06. The molecule has 29 heavy (non-hydrogen) atoms. The van der Waals surface area contributed by atoms with E-state index < -0.39 is 15.9 Å². The maximum absolute atomic E-state index is 12.5. The van der Waals surface area contributed by atoms with Crippen LogP contribution in [0.4, 0.5) is 5.69 Å². The molecule has 1 amide bonds. The van der Waals surface area contributed by atoms with E-state index in [-0.39, 0.29) is 5.11 Å². The smallest absolute Gasteiger partial charge is 0.252 e. The highest BCUT2D eigenvalue weighted by Gasteiger charge is 2.35. The average molecular weight is 542 g/mol. The molecule has 2 aromatic carbocycles. The van der Waals surface area contributed by atoms with Gasteiger partial charge in [0.15, 0.2) is 5.11 Å². The number of methoxy groups -OCH3 is 2. The van der Waals surface area contributed by atoms with Gasteiger partial charge in [0.1, 0.15) is 17.7 Å². The quantitative estimate of drug-likeness (QED) is 0.275. The van der Waals surface area contributed by atoms with Crippen molar-refractivity contribution in [3.05, 3.63) is 52.5 Å². The first-order valence-corrected chi connectivity index (χ1v) is 10.4. The van der Waals surface area contributed by atoms with Crippen LogP contribution < -0.4 is 25.4 Å². The molecule has 0 saturated heterocycles. The zero-order valence-corrected chi connectivity index (χ0v) is 19.9. The van der Waals surface area contributed by atoms with Crippen LogP contribution in [0.15, 0.2) is 46.9 Å². The Morgan fingerprint density at radius 1 is 1.07 bits per heavy atom. The van der Waals surface area contributed by atoms with Crippen LogP contribution >= 0.6 is 63.0 Å². The fraction of sp³-hybridized carbons (Fsp3) is 0.222. The van der Waals surface area contributed by atoms with E-state index in [1.807, 2.05) is 0 Å². The summed E-state index contributed by atoms with van der Waals surface area (Å²) in [7, 11) is 3.06. The van der Waals surface area contributed by atoms with Gasteiger partial charge >= 0.3 is 0 Å². The van der Waals surface area contributed by atoms with Crippen molar-refractivity contribution in [1.82, 2.24) is 10.6 Å². The van der Waals surface area contributed by atoms with Crippen LogP contribution in [0.1, 0.15) is 10.4 Å². The van der Waals surface area contributed by atoms with Gasteiger partial charge in [0, 0.05) is 16.1 Å². The minimum Gasteiger partial charge on any atom is -0.497 e. The Morgan fingerprint density at radius 3 is 2.28 bits per heavy atom. The zero-order chi connectivity index (χ0) is 21.6. The number of alkyl halides is 3. The average Bonchev–Trinajstić information content (AvgIpc) is 2.67. The predicted molar refractivity (Wildman–Crippen MR) is 125 cm³/mol. The van der Waals surface area contributed by atoms with Crippen LogP contribution in [0.2, 0.25) is 0 Å². The third kappa shape index (κ3) is 7.08. The van der Waals surface area contributed by atoms with Gasteiger partial charge in [0.25, 0.3) is 5.91 Å². The Morgan fingerprint density at radius 2 is 1.72 bits per heavy atom. The molecule has 0 saturated carbocycles. The summed E-state index contributed by atoms with van der Waals surface area (Å²) in [6, 6.07) is 11.9. The van der Waals surface area contributed by atoms with E-state index in [0.29, 0.717) is 22.7 Å². The largest absolute Gasteiger partial charge is 0.497 e. The minimum absolute atomic E-state index is 0.101. The normalized spacial score (nSPS) is 11.9. The number of anilines is 1. The first-order chi connectivity index (χ1) is 13.6. The summed E-state index contributed by atoms with van der Waals surface area (Å²) >= 11 is 26.7. The molecule has 11 heteroatoms. The number of halogens is 4. The molecule has 0 heterocycles. The van der Waals surface area contributed by atoms with Gasteiger partial charge in [-0.3, -0.25) is 4.79 Å². The SMILES string of the molecule is COc1ccc(OC)c(NC(=S)N[C@H](NC(=O)c2ccc(Br)cc2)C(Cl)(Cl)Cl)c1. The molecular weight excluding hydrogens is 525 g/mol. The number of amides is 1. The van der Waals surface area contributed by atoms with Crippen molar-refractivity contribution in [2.24, 2.45) is 0 Å². The second kappa shape index (κ2) is 10.5. The van der Waals surface area contributed by atoms with Crippen molar-refractivity contribution >= 4 is 79.7 Å². The Kier molecular flexibility index (Phi) is 8.66. The molecule has 0 spiro atoms. The van der Waals surface area contributed by atoms with Crippen molar-refractivity contribution in [2.75, 3.05) is 19.5 Å². The Balaban J connectivity index is 2.13.